The van der Waals surface area contributed by atoms with Crippen LogP contribution in [0.25, 0.3) is 0 Å². The first-order valence-electron chi connectivity index (χ1n) is 8.10. The van der Waals surface area contributed by atoms with Crippen molar-refractivity contribution in [3.63, 3.8) is 0 Å². The number of rotatable bonds is 6. The number of benzene rings is 2. The Labute approximate surface area is 135 Å². The highest BCUT2D eigenvalue weighted by Gasteiger charge is 2.14. The van der Waals surface area contributed by atoms with Gasteiger partial charge >= 0.3 is 0 Å². The van der Waals surface area contributed by atoms with Crippen molar-refractivity contribution in [1.82, 2.24) is 5.32 Å². The molecule has 23 heavy (non-hydrogen) atoms. The van der Waals surface area contributed by atoms with Crippen molar-refractivity contribution in [3.8, 4) is 5.75 Å². The number of ether oxygens (including phenoxy) is 1. The lowest BCUT2D eigenvalue weighted by Gasteiger charge is -2.13. The van der Waals surface area contributed by atoms with Crippen LogP contribution in [0.5, 0.6) is 5.75 Å². The summed E-state index contributed by atoms with van der Waals surface area (Å²) in [6, 6.07) is 11.8. The lowest BCUT2D eigenvalue weighted by atomic mass is 10.2. The van der Waals surface area contributed by atoms with Crippen LogP contribution in [0.4, 0.5) is 8.78 Å². The van der Waals surface area contributed by atoms with E-state index in [4.69, 9.17) is 4.74 Å². The van der Waals surface area contributed by atoms with E-state index >= 15 is 0 Å². The average Bonchev–Trinajstić information content (AvgIpc) is 3.07. The predicted molar refractivity (Wildman–Crippen MR) is 86.2 cm³/mol. The Morgan fingerprint density at radius 2 is 1.78 bits per heavy atom. The van der Waals surface area contributed by atoms with Crippen LogP contribution in [0.1, 0.15) is 36.8 Å². The minimum atomic E-state index is -0.410. The second-order valence-electron chi connectivity index (χ2n) is 6.01. The number of halogens is 2. The van der Waals surface area contributed by atoms with Gasteiger partial charge in [-0.15, -0.1) is 0 Å². The van der Waals surface area contributed by atoms with Gasteiger partial charge in [0.1, 0.15) is 12.4 Å². The molecule has 4 heteroatoms. The van der Waals surface area contributed by atoms with Crippen LogP contribution in [0.15, 0.2) is 42.5 Å². The Hall–Kier alpha value is -1.94. The summed E-state index contributed by atoms with van der Waals surface area (Å²) in [5, 5.41) is 3.45. The fourth-order valence-corrected chi connectivity index (χ4v) is 2.93. The van der Waals surface area contributed by atoms with Gasteiger partial charge in [0, 0.05) is 18.2 Å². The smallest absolute Gasteiger partial charge is 0.165 e. The van der Waals surface area contributed by atoms with Gasteiger partial charge in [-0.2, -0.15) is 0 Å². The molecule has 0 heterocycles. The molecule has 1 N–H and O–H groups in total. The van der Waals surface area contributed by atoms with E-state index in [1.807, 2.05) is 6.07 Å². The molecule has 0 aromatic heterocycles. The van der Waals surface area contributed by atoms with E-state index in [0.29, 0.717) is 18.2 Å². The van der Waals surface area contributed by atoms with Gasteiger partial charge in [-0.25, -0.2) is 8.78 Å². The standard InChI is InChI=1S/C19H21F2NO/c20-17-8-4-1-5-15(17)13-23-19-10-9-14(11-18(19)21)12-22-16-6-2-3-7-16/h1,4-5,8-11,16,22H,2-3,6-7,12-13H2. The maximum atomic E-state index is 14.1. The SMILES string of the molecule is Fc1ccccc1COc1ccc(CNC2CCCC2)cc1F. The van der Waals surface area contributed by atoms with Crippen LogP contribution in [0.3, 0.4) is 0 Å². The van der Waals surface area contributed by atoms with Gasteiger partial charge in [-0.05, 0) is 36.6 Å². The van der Waals surface area contributed by atoms with E-state index in [2.05, 4.69) is 5.32 Å². The third-order valence-electron chi connectivity index (χ3n) is 4.29. The minimum Gasteiger partial charge on any atom is -0.486 e. The summed E-state index contributed by atoms with van der Waals surface area (Å²) >= 11 is 0. The normalized spacial score (nSPS) is 15.0. The fraction of sp³-hybridized carbons (Fsp3) is 0.368. The lowest BCUT2D eigenvalue weighted by molar-refractivity contribution is 0.284. The number of hydrogen-bond donors (Lipinski definition) is 1. The van der Waals surface area contributed by atoms with Crippen molar-refractivity contribution >= 4 is 0 Å². The Kier molecular flexibility index (Phi) is 5.23. The van der Waals surface area contributed by atoms with Crippen LogP contribution in [0, 0.1) is 11.6 Å². The topological polar surface area (TPSA) is 21.3 Å². The molecule has 1 saturated carbocycles. The number of nitrogens with one attached hydrogen (secondary N) is 1. The van der Waals surface area contributed by atoms with Crippen LogP contribution >= 0.6 is 0 Å². The zero-order valence-electron chi connectivity index (χ0n) is 13.0. The highest BCUT2D eigenvalue weighted by Crippen LogP contribution is 2.22. The van der Waals surface area contributed by atoms with Gasteiger partial charge < -0.3 is 10.1 Å². The second kappa shape index (κ2) is 7.55. The van der Waals surface area contributed by atoms with Crippen LogP contribution in [-0.2, 0) is 13.2 Å². The summed E-state index contributed by atoms with van der Waals surface area (Å²) in [5.41, 5.74) is 1.31. The van der Waals surface area contributed by atoms with E-state index in [1.165, 1.54) is 37.8 Å². The molecule has 1 fully saturated rings. The highest BCUT2D eigenvalue weighted by molar-refractivity contribution is 5.30. The van der Waals surface area contributed by atoms with Crippen molar-refractivity contribution in [3.05, 3.63) is 65.2 Å². The van der Waals surface area contributed by atoms with Crippen molar-refractivity contribution in [2.24, 2.45) is 0 Å². The molecule has 2 aromatic rings. The fourth-order valence-electron chi connectivity index (χ4n) is 2.93. The van der Waals surface area contributed by atoms with Crippen molar-refractivity contribution < 1.29 is 13.5 Å². The van der Waals surface area contributed by atoms with E-state index in [-0.39, 0.29) is 18.2 Å². The summed E-state index contributed by atoms with van der Waals surface area (Å²) < 4.78 is 33.0. The second-order valence-corrected chi connectivity index (χ2v) is 6.01. The summed E-state index contributed by atoms with van der Waals surface area (Å²) in [4.78, 5) is 0. The highest BCUT2D eigenvalue weighted by atomic mass is 19.1. The first-order chi connectivity index (χ1) is 11.2. The molecule has 2 aromatic carbocycles. The molecule has 0 unspecified atom stereocenters. The lowest BCUT2D eigenvalue weighted by Crippen LogP contribution is -2.25. The van der Waals surface area contributed by atoms with Gasteiger partial charge in [0.2, 0.25) is 0 Å². The molecule has 122 valence electrons. The third-order valence-corrected chi connectivity index (χ3v) is 4.29. The number of hydrogen-bond acceptors (Lipinski definition) is 2. The van der Waals surface area contributed by atoms with Crippen LogP contribution < -0.4 is 10.1 Å². The quantitative estimate of drug-likeness (QED) is 0.842. The average molecular weight is 317 g/mol. The Bertz CT molecular complexity index is 654. The zero-order chi connectivity index (χ0) is 16.1. The Balaban J connectivity index is 1.57. The minimum absolute atomic E-state index is 0.0171. The third kappa shape index (κ3) is 4.29. The van der Waals surface area contributed by atoms with Crippen molar-refractivity contribution in [2.45, 2.75) is 44.9 Å². The molecule has 0 bridgehead atoms. The van der Waals surface area contributed by atoms with Gasteiger partial charge in [0.25, 0.3) is 0 Å². The molecule has 0 radical (unpaired) electrons. The summed E-state index contributed by atoms with van der Waals surface area (Å²) in [5.74, 6) is -0.602. The first-order valence-corrected chi connectivity index (χ1v) is 8.10. The predicted octanol–water partition coefficient (Wildman–Crippen LogP) is 4.58. The zero-order valence-corrected chi connectivity index (χ0v) is 13.0. The van der Waals surface area contributed by atoms with Gasteiger partial charge in [-0.3, -0.25) is 0 Å². The molecule has 0 atom stereocenters. The van der Waals surface area contributed by atoms with E-state index in [9.17, 15) is 8.78 Å². The molecule has 0 saturated heterocycles. The molecule has 0 amide bonds. The summed E-state index contributed by atoms with van der Waals surface area (Å²) in [6.07, 6.45) is 4.95. The maximum absolute atomic E-state index is 14.1. The van der Waals surface area contributed by atoms with Crippen LogP contribution in [-0.4, -0.2) is 6.04 Å². The Morgan fingerprint density at radius 3 is 2.52 bits per heavy atom. The van der Waals surface area contributed by atoms with E-state index < -0.39 is 5.82 Å². The maximum Gasteiger partial charge on any atom is 0.165 e. The van der Waals surface area contributed by atoms with Gasteiger partial charge in [0.05, 0.1) is 0 Å². The Morgan fingerprint density at radius 1 is 1.00 bits per heavy atom. The van der Waals surface area contributed by atoms with E-state index in [1.54, 1.807) is 24.3 Å². The molecular weight excluding hydrogens is 296 g/mol. The van der Waals surface area contributed by atoms with Crippen LogP contribution in [0.2, 0.25) is 0 Å². The summed E-state index contributed by atoms with van der Waals surface area (Å²) in [6.45, 7) is 0.679. The molecule has 1 aliphatic carbocycles. The van der Waals surface area contributed by atoms with Crippen molar-refractivity contribution in [1.29, 1.82) is 0 Å². The van der Waals surface area contributed by atoms with Gasteiger partial charge in [0.15, 0.2) is 11.6 Å². The van der Waals surface area contributed by atoms with Crippen molar-refractivity contribution in [2.75, 3.05) is 0 Å². The molecule has 3 rings (SSSR count). The summed E-state index contributed by atoms with van der Waals surface area (Å²) in [7, 11) is 0. The molecule has 0 spiro atoms. The van der Waals surface area contributed by atoms with E-state index in [0.717, 1.165) is 5.56 Å². The molecule has 2 nitrogen and oxygen atoms in total. The largest absolute Gasteiger partial charge is 0.486 e. The monoisotopic (exact) mass is 317 g/mol. The first kappa shape index (κ1) is 15.9. The molecular formula is C19H21F2NO. The van der Waals surface area contributed by atoms with Gasteiger partial charge in [-0.1, -0.05) is 37.1 Å². The molecule has 1 aliphatic rings. The molecule has 0 aliphatic heterocycles.